The average Bonchev–Trinajstić information content (AvgIpc) is 2.58. The normalized spacial score (nSPS) is 10.1. The van der Waals surface area contributed by atoms with Crippen molar-refractivity contribution in [3.63, 3.8) is 0 Å². The van der Waals surface area contributed by atoms with Crippen LogP contribution in [0.5, 0.6) is 11.5 Å². The number of aryl methyl sites for hydroxylation is 1. The molecule has 0 spiro atoms. The maximum Gasteiger partial charge on any atom is 0.306 e. The second-order valence-corrected chi connectivity index (χ2v) is 4.82. The summed E-state index contributed by atoms with van der Waals surface area (Å²) < 4.78 is 15.7. The molecule has 0 aliphatic rings. The molecule has 2 aromatic carbocycles. The van der Waals surface area contributed by atoms with Crippen LogP contribution in [0.1, 0.15) is 17.5 Å². The molecule has 0 heterocycles. The summed E-state index contributed by atoms with van der Waals surface area (Å²) in [5.74, 6) is 1.15. The Morgan fingerprint density at radius 3 is 2.45 bits per heavy atom. The fraction of sp³-hybridized carbons (Fsp3) is 0.278. The van der Waals surface area contributed by atoms with Crippen LogP contribution in [0.25, 0.3) is 0 Å². The smallest absolute Gasteiger partial charge is 0.306 e. The van der Waals surface area contributed by atoms with Crippen molar-refractivity contribution in [2.75, 3.05) is 14.2 Å². The van der Waals surface area contributed by atoms with Crippen LogP contribution < -0.4 is 9.47 Å². The lowest BCUT2D eigenvalue weighted by molar-refractivity contribution is -0.144. The Kier molecular flexibility index (Phi) is 5.83. The van der Waals surface area contributed by atoms with E-state index < -0.39 is 0 Å². The molecule has 4 heteroatoms. The molecular formula is C18H20O4. The minimum Gasteiger partial charge on any atom is -0.497 e. The molecule has 0 aliphatic heterocycles. The highest BCUT2D eigenvalue weighted by Gasteiger charge is 2.09. The summed E-state index contributed by atoms with van der Waals surface area (Å²) in [6, 6.07) is 15.3. The highest BCUT2D eigenvalue weighted by atomic mass is 16.5. The summed E-state index contributed by atoms with van der Waals surface area (Å²) in [5.41, 5.74) is 1.91. The predicted octanol–water partition coefficient (Wildman–Crippen LogP) is 3.38. The van der Waals surface area contributed by atoms with E-state index in [-0.39, 0.29) is 12.6 Å². The highest BCUT2D eigenvalue weighted by Crippen LogP contribution is 2.24. The molecule has 0 radical (unpaired) electrons. The van der Waals surface area contributed by atoms with Gasteiger partial charge < -0.3 is 14.2 Å². The molecule has 0 fully saturated rings. The predicted molar refractivity (Wildman–Crippen MR) is 84.1 cm³/mol. The Labute approximate surface area is 130 Å². The first-order valence-corrected chi connectivity index (χ1v) is 7.13. The van der Waals surface area contributed by atoms with Crippen LogP contribution in [0.2, 0.25) is 0 Å². The van der Waals surface area contributed by atoms with Crippen LogP contribution in [0.3, 0.4) is 0 Å². The third kappa shape index (κ3) is 4.52. The van der Waals surface area contributed by atoms with Crippen molar-refractivity contribution in [3.05, 3.63) is 59.7 Å². The largest absolute Gasteiger partial charge is 0.497 e. The van der Waals surface area contributed by atoms with Crippen molar-refractivity contribution in [2.45, 2.75) is 19.4 Å². The van der Waals surface area contributed by atoms with Crippen LogP contribution in [0.4, 0.5) is 0 Å². The summed E-state index contributed by atoms with van der Waals surface area (Å²) in [6.07, 6.45) is 1.03. The summed E-state index contributed by atoms with van der Waals surface area (Å²) in [6.45, 7) is 0.175. The maximum absolute atomic E-state index is 11.8. The molecule has 0 saturated heterocycles. The number of carbonyl (C=O) groups is 1. The van der Waals surface area contributed by atoms with E-state index in [1.807, 2.05) is 36.4 Å². The number of rotatable bonds is 7. The topological polar surface area (TPSA) is 44.8 Å². The molecule has 0 aliphatic carbocycles. The Morgan fingerprint density at radius 2 is 1.77 bits per heavy atom. The Hall–Kier alpha value is -2.49. The number of methoxy groups -OCH3 is 2. The van der Waals surface area contributed by atoms with Crippen molar-refractivity contribution >= 4 is 5.97 Å². The maximum atomic E-state index is 11.8. The molecule has 2 rings (SSSR count). The van der Waals surface area contributed by atoms with Crippen molar-refractivity contribution in [3.8, 4) is 11.5 Å². The van der Waals surface area contributed by atoms with Crippen LogP contribution in [-0.2, 0) is 22.6 Å². The molecule has 0 aromatic heterocycles. The van der Waals surface area contributed by atoms with Gasteiger partial charge in [0, 0.05) is 12.0 Å². The van der Waals surface area contributed by atoms with Gasteiger partial charge in [0.15, 0.2) is 0 Å². The van der Waals surface area contributed by atoms with Gasteiger partial charge in [-0.15, -0.1) is 0 Å². The number of hydrogen-bond donors (Lipinski definition) is 0. The highest BCUT2D eigenvalue weighted by molar-refractivity contribution is 5.69. The number of esters is 1. The molecule has 0 saturated carbocycles. The minimum atomic E-state index is -0.228. The minimum absolute atomic E-state index is 0.175. The van der Waals surface area contributed by atoms with Crippen molar-refractivity contribution in [1.29, 1.82) is 0 Å². The van der Waals surface area contributed by atoms with Gasteiger partial charge in [0.05, 0.1) is 14.2 Å². The zero-order valence-electron chi connectivity index (χ0n) is 12.9. The number of hydrogen-bond acceptors (Lipinski definition) is 4. The van der Waals surface area contributed by atoms with Crippen molar-refractivity contribution in [1.82, 2.24) is 0 Å². The summed E-state index contributed by atoms with van der Waals surface area (Å²) in [7, 11) is 3.18. The van der Waals surface area contributed by atoms with E-state index in [0.29, 0.717) is 24.3 Å². The monoisotopic (exact) mass is 300 g/mol. The van der Waals surface area contributed by atoms with Gasteiger partial charge in [-0.2, -0.15) is 0 Å². The quantitative estimate of drug-likeness (QED) is 0.735. The molecule has 0 amide bonds. The first-order valence-electron chi connectivity index (χ1n) is 7.13. The number of carbonyl (C=O) groups excluding carboxylic acids is 1. The molecule has 0 N–H and O–H groups in total. The Morgan fingerprint density at radius 1 is 1.00 bits per heavy atom. The van der Waals surface area contributed by atoms with Gasteiger partial charge in [-0.05, 0) is 30.2 Å². The Balaban J connectivity index is 1.88. The number of ether oxygens (including phenoxy) is 3. The summed E-state index contributed by atoms with van der Waals surface area (Å²) in [5, 5.41) is 0. The van der Waals surface area contributed by atoms with E-state index >= 15 is 0 Å². The number of benzene rings is 2. The SMILES string of the molecule is COc1ccc(OC)c(COC(=O)CCc2ccccc2)c1. The molecular weight excluding hydrogens is 280 g/mol. The van der Waals surface area contributed by atoms with Gasteiger partial charge in [-0.25, -0.2) is 0 Å². The lowest BCUT2D eigenvalue weighted by atomic mass is 10.1. The van der Waals surface area contributed by atoms with E-state index in [1.54, 1.807) is 26.4 Å². The third-order valence-electron chi connectivity index (χ3n) is 3.34. The van der Waals surface area contributed by atoms with Gasteiger partial charge in [0.25, 0.3) is 0 Å². The van der Waals surface area contributed by atoms with E-state index in [4.69, 9.17) is 14.2 Å². The third-order valence-corrected chi connectivity index (χ3v) is 3.34. The molecule has 4 nitrogen and oxygen atoms in total. The molecule has 22 heavy (non-hydrogen) atoms. The molecule has 0 unspecified atom stereocenters. The molecule has 0 atom stereocenters. The summed E-state index contributed by atoms with van der Waals surface area (Å²) in [4.78, 5) is 11.8. The molecule has 0 bridgehead atoms. The zero-order valence-corrected chi connectivity index (χ0v) is 12.9. The van der Waals surface area contributed by atoms with E-state index in [0.717, 1.165) is 11.1 Å². The van der Waals surface area contributed by atoms with E-state index in [9.17, 15) is 4.79 Å². The lowest BCUT2D eigenvalue weighted by Gasteiger charge is -2.11. The van der Waals surface area contributed by atoms with E-state index in [1.165, 1.54) is 0 Å². The zero-order chi connectivity index (χ0) is 15.8. The van der Waals surface area contributed by atoms with Gasteiger partial charge in [0.1, 0.15) is 18.1 Å². The first kappa shape index (κ1) is 15.9. The van der Waals surface area contributed by atoms with Crippen molar-refractivity contribution in [2.24, 2.45) is 0 Å². The molecule has 2 aromatic rings. The van der Waals surface area contributed by atoms with Crippen LogP contribution in [-0.4, -0.2) is 20.2 Å². The first-order chi connectivity index (χ1) is 10.7. The van der Waals surface area contributed by atoms with Gasteiger partial charge in [0.2, 0.25) is 0 Å². The van der Waals surface area contributed by atoms with Gasteiger partial charge >= 0.3 is 5.97 Å². The second-order valence-electron chi connectivity index (χ2n) is 4.82. The van der Waals surface area contributed by atoms with Crippen molar-refractivity contribution < 1.29 is 19.0 Å². The fourth-order valence-corrected chi connectivity index (χ4v) is 2.12. The van der Waals surface area contributed by atoms with Crippen LogP contribution >= 0.6 is 0 Å². The average molecular weight is 300 g/mol. The second kappa shape index (κ2) is 8.08. The lowest BCUT2D eigenvalue weighted by Crippen LogP contribution is -2.07. The van der Waals surface area contributed by atoms with Gasteiger partial charge in [-0.3, -0.25) is 4.79 Å². The standard InChI is InChI=1S/C18H20O4/c1-20-16-9-10-17(21-2)15(12-16)13-22-18(19)11-8-14-6-4-3-5-7-14/h3-7,9-10,12H,8,11,13H2,1-2H3. The Bertz CT molecular complexity index is 608. The van der Waals surface area contributed by atoms with E-state index in [2.05, 4.69) is 0 Å². The van der Waals surface area contributed by atoms with Crippen LogP contribution in [0.15, 0.2) is 48.5 Å². The fourth-order valence-electron chi connectivity index (χ4n) is 2.12. The summed E-state index contributed by atoms with van der Waals surface area (Å²) >= 11 is 0. The molecule has 116 valence electrons. The van der Waals surface area contributed by atoms with Crippen LogP contribution in [0, 0.1) is 0 Å². The van der Waals surface area contributed by atoms with Gasteiger partial charge in [-0.1, -0.05) is 30.3 Å².